The number of halogens is 1. The van der Waals surface area contributed by atoms with Gasteiger partial charge in [0.25, 0.3) is 5.91 Å². The van der Waals surface area contributed by atoms with Crippen molar-refractivity contribution in [3.05, 3.63) is 40.2 Å². The molecule has 6 heteroatoms. The molecule has 3 rings (SSSR count). The Hall–Kier alpha value is -2.01. The molecule has 0 saturated carbocycles. The molecular formula is C14H13ClN2O3. The number of nitrogens with one attached hydrogen (secondary N) is 1. The van der Waals surface area contributed by atoms with E-state index >= 15 is 0 Å². The first-order valence-electron chi connectivity index (χ1n) is 6.31. The van der Waals surface area contributed by atoms with Gasteiger partial charge in [0.1, 0.15) is 11.5 Å². The highest BCUT2D eigenvalue weighted by molar-refractivity contribution is 6.31. The van der Waals surface area contributed by atoms with Gasteiger partial charge in [-0.2, -0.15) is 0 Å². The Kier molecular flexibility index (Phi) is 3.36. The van der Waals surface area contributed by atoms with Crippen LogP contribution in [0, 0.1) is 0 Å². The number of rotatable bonds is 3. The maximum absolute atomic E-state index is 12.3. The van der Waals surface area contributed by atoms with Crippen LogP contribution >= 0.6 is 11.6 Å². The van der Waals surface area contributed by atoms with Gasteiger partial charge >= 0.3 is 0 Å². The van der Waals surface area contributed by atoms with Crippen molar-refractivity contribution in [3.8, 4) is 5.75 Å². The molecule has 1 N–H and O–H groups in total. The van der Waals surface area contributed by atoms with E-state index in [1.165, 1.54) is 7.11 Å². The summed E-state index contributed by atoms with van der Waals surface area (Å²) >= 11 is 5.93. The number of anilines is 1. The Morgan fingerprint density at radius 1 is 1.45 bits per heavy atom. The van der Waals surface area contributed by atoms with Gasteiger partial charge in [-0.1, -0.05) is 16.8 Å². The van der Waals surface area contributed by atoms with Gasteiger partial charge in [0.15, 0.2) is 5.69 Å². The van der Waals surface area contributed by atoms with Crippen molar-refractivity contribution < 1.29 is 14.1 Å². The first-order chi connectivity index (χ1) is 9.69. The van der Waals surface area contributed by atoms with Gasteiger partial charge in [-0.15, -0.1) is 0 Å². The normalized spacial score (nSPS) is 13.1. The van der Waals surface area contributed by atoms with Gasteiger partial charge in [-0.3, -0.25) is 4.79 Å². The zero-order chi connectivity index (χ0) is 14.1. The van der Waals surface area contributed by atoms with Crippen LogP contribution in [0.15, 0.2) is 22.7 Å². The van der Waals surface area contributed by atoms with Crippen LogP contribution in [0.3, 0.4) is 0 Å². The van der Waals surface area contributed by atoms with Gasteiger partial charge in [-0.25, -0.2) is 0 Å². The monoisotopic (exact) mass is 292 g/mol. The molecule has 5 nitrogen and oxygen atoms in total. The maximum Gasteiger partial charge on any atom is 0.278 e. The number of benzene rings is 1. The zero-order valence-corrected chi connectivity index (χ0v) is 11.7. The van der Waals surface area contributed by atoms with Crippen LogP contribution in [0.4, 0.5) is 5.69 Å². The Labute approximate surface area is 120 Å². The van der Waals surface area contributed by atoms with Crippen molar-refractivity contribution in [2.45, 2.75) is 19.3 Å². The highest BCUT2D eigenvalue weighted by Crippen LogP contribution is 2.30. The molecule has 0 bridgehead atoms. The minimum absolute atomic E-state index is 0.308. The highest BCUT2D eigenvalue weighted by Gasteiger charge is 2.25. The number of carbonyl (C=O) groups excluding carboxylic acids is 1. The lowest BCUT2D eigenvalue weighted by atomic mass is 10.2. The lowest BCUT2D eigenvalue weighted by Crippen LogP contribution is -2.14. The van der Waals surface area contributed by atoms with E-state index in [0.29, 0.717) is 22.2 Å². The van der Waals surface area contributed by atoms with Crippen LogP contribution in [-0.2, 0) is 12.8 Å². The number of nitrogens with zero attached hydrogens (tertiary/aromatic N) is 1. The second-order valence-electron chi connectivity index (χ2n) is 4.59. The van der Waals surface area contributed by atoms with Crippen LogP contribution in [0.5, 0.6) is 5.75 Å². The zero-order valence-electron chi connectivity index (χ0n) is 10.9. The van der Waals surface area contributed by atoms with Crippen LogP contribution in [0.25, 0.3) is 0 Å². The summed E-state index contributed by atoms with van der Waals surface area (Å²) in [6.45, 7) is 0. The molecule has 0 unspecified atom stereocenters. The van der Waals surface area contributed by atoms with E-state index in [2.05, 4.69) is 10.5 Å². The fourth-order valence-electron chi connectivity index (χ4n) is 2.36. The Morgan fingerprint density at radius 3 is 3.10 bits per heavy atom. The fourth-order valence-corrected chi connectivity index (χ4v) is 2.53. The molecule has 0 saturated heterocycles. The number of aromatic nitrogens is 1. The molecule has 20 heavy (non-hydrogen) atoms. The number of hydrogen-bond acceptors (Lipinski definition) is 4. The van der Waals surface area contributed by atoms with Gasteiger partial charge in [0, 0.05) is 17.0 Å². The molecule has 104 valence electrons. The smallest absolute Gasteiger partial charge is 0.278 e. The van der Waals surface area contributed by atoms with E-state index in [4.69, 9.17) is 20.9 Å². The standard InChI is InChI=1S/C14H13ClN2O3/c1-19-12-6-5-8(15)7-10(12)16-14(18)13-9-3-2-4-11(9)20-17-13/h5-7H,2-4H2,1H3,(H,16,18). The van der Waals surface area contributed by atoms with Gasteiger partial charge in [0.05, 0.1) is 12.8 Å². The highest BCUT2D eigenvalue weighted by atomic mass is 35.5. The van der Waals surface area contributed by atoms with Crippen molar-refractivity contribution in [2.75, 3.05) is 12.4 Å². The maximum atomic E-state index is 12.3. The van der Waals surface area contributed by atoms with Gasteiger partial charge in [0.2, 0.25) is 0 Å². The van der Waals surface area contributed by atoms with Gasteiger partial charge < -0.3 is 14.6 Å². The quantitative estimate of drug-likeness (QED) is 0.944. The summed E-state index contributed by atoms with van der Waals surface area (Å²) in [7, 11) is 1.53. The predicted molar refractivity (Wildman–Crippen MR) is 74.5 cm³/mol. The SMILES string of the molecule is COc1ccc(Cl)cc1NC(=O)c1noc2c1CCC2. The number of ether oxygens (including phenoxy) is 1. The van der Waals surface area contributed by atoms with Crippen molar-refractivity contribution in [1.29, 1.82) is 0 Å². The average molecular weight is 293 g/mol. The van der Waals surface area contributed by atoms with E-state index in [0.717, 1.165) is 30.6 Å². The molecule has 0 spiro atoms. The largest absolute Gasteiger partial charge is 0.495 e. The summed E-state index contributed by atoms with van der Waals surface area (Å²) in [5.74, 6) is 1.05. The van der Waals surface area contributed by atoms with Crippen LogP contribution in [-0.4, -0.2) is 18.2 Å². The molecule has 1 aliphatic rings. The van der Waals surface area contributed by atoms with Crippen LogP contribution in [0.2, 0.25) is 5.02 Å². The van der Waals surface area contributed by atoms with E-state index < -0.39 is 0 Å². The summed E-state index contributed by atoms with van der Waals surface area (Å²) in [5, 5.41) is 7.13. The molecule has 2 aromatic rings. The Balaban J connectivity index is 1.87. The lowest BCUT2D eigenvalue weighted by Gasteiger charge is -2.09. The minimum Gasteiger partial charge on any atom is -0.495 e. The Bertz CT molecular complexity index is 666. The molecule has 0 atom stereocenters. The second-order valence-corrected chi connectivity index (χ2v) is 5.02. The van der Waals surface area contributed by atoms with E-state index in [-0.39, 0.29) is 5.91 Å². The number of amides is 1. The number of aryl methyl sites for hydroxylation is 1. The molecule has 1 aromatic carbocycles. The molecule has 0 radical (unpaired) electrons. The summed E-state index contributed by atoms with van der Waals surface area (Å²) < 4.78 is 10.4. The van der Waals surface area contributed by atoms with E-state index in [1.807, 2.05) is 0 Å². The van der Waals surface area contributed by atoms with Crippen molar-refractivity contribution in [3.63, 3.8) is 0 Å². The molecule has 1 aromatic heterocycles. The summed E-state index contributed by atoms with van der Waals surface area (Å²) in [6.07, 6.45) is 2.67. The molecule has 1 amide bonds. The van der Waals surface area contributed by atoms with Crippen molar-refractivity contribution in [1.82, 2.24) is 5.16 Å². The van der Waals surface area contributed by atoms with Crippen molar-refractivity contribution in [2.24, 2.45) is 0 Å². The molecular weight excluding hydrogens is 280 g/mol. The number of methoxy groups -OCH3 is 1. The molecule has 1 heterocycles. The summed E-state index contributed by atoms with van der Waals surface area (Å²) in [5.41, 5.74) is 1.77. The molecule has 0 aliphatic heterocycles. The third-order valence-electron chi connectivity index (χ3n) is 3.32. The summed E-state index contributed by atoms with van der Waals surface area (Å²) in [6, 6.07) is 5.04. The third-order valence-corrected chi connectivity index (χ3v) is 3.56. The van der Waals surface area contributed by atoms with E-state index in [1.54, 1.807) is 18.2 Å². The van der Waals surface area contributed by atoms with Crippen LogP contribution in [0.1, 0.15) is 28.2 Å². The first kappa shape index (κ1) is 13.0. The average Bonchev–Trinajstić information content (AvgIpc) is 3.01. The lowest BCUT2D eigenvalue weighted by molar-refractivity contribution is 0.101. The van der Waals surface area contributed by atoms with Crippen molar-refractivity contribution >= 4 is 23.2 Å². The molecule has 1 aliphatic carbocycles. The topological polar surface area (TPSA) is 64.4 Å². The fraction of sp³-hybridized carbons (Fsp3) is 0.286. The molecule has 0 fully saturated rings. The van der Waals surface area contributed by atoms with Crippen LogP contribution < -0.4 is 10.1 Å². The third kappa shape index (κ3) is 2.25. The summed E-state index contributed by atoms with van der Waals surface area (Å²) in [4.78, 5) is 12.3. The first-order valence-corrected chi connectivity index (χ1v) is 6.69. The van der Waals surface area contributed by atoms with E-state index in [9.17, 15) is 4.79 Å². The Morgan fingerprint density at radius 2 is 2.30 bits per heavy atom. The van der Waals surface area contributed by atoms with Gasteiger partial charge in [-0.05, 0) is 31.0 Å². The number of hydrogen-bond donors (Lipinski definition) is 1. The number of carbonyl (C=O) groups is 1. The predicted octanol–water partition coefficient (Wildman–Crippen LogP) is 3.08. The number of fused-ring (bicyclic) bond motifs is 1. The second kappa shape index (κ2) is 5.17. The minimum atomic E-state index is -0.308.